The molecule has 0 aromatic carbocycles. The Labute approximate surface area is 203 Å². The smallest absolute Gasteiger partial charge is 0.367 e. The van der Waals surface area contributed by atoms with Crippen LogP contribution >= 0.6 is 11.3 Å². The summed E-state index contributed by atoms with van der Waals surface area (Å²) in [6.07, 6.45) is -0.320. The average molecular weight is 498 g/mol. The summed E-state index contributed by atoms with van der Waals surface area (Å²) in [6.45, 7) is 4.47. The van der Waals surface area contributed by atoms with Crippen molar-refractivity contribution in [1.82, 2.24) is 24.8 Å². The molecular weight excluding hydrogens is 475 g/mol. The number of nitrogens with one attached hydrogen (secondary N) is 1. The number of alkyl halides is 3. The van der Waals surface area contributed by atoms with Gasteiger partial charge in [0.15, 0.2) is 0 Å². The number of fused-ring (bicyclic) bond motifs is 2. The van der Waals surface area contributed by atoms with E-state index in [1.807, 2.05) is 13.0 Å². The van der Waals surface area contributed by atoms with E-state index in [1.165, 1.54) is 6.33 Å². The van der Waals surface area contributed by atoms with Crippen LogP contribution in [0.25, 0.3) is 21.1 Å². The molecule has 0 amide bonds. The van der Waals surface area contributed by atoms with Crippen LogP contribution in [0.1, 0.15) is 34.7 Å². The molecule has 1 aliphatic heterocycles. The fourth-order valence-electron chi connectivity index (χ4n) is 4.45. The lowest BCUT2D eigenvalue weighted by atomic mass is 10.0. The Hall–Kier alpha value is -3.36. The zero-order chi connectivity index (χ0) is 24.6. The minimum Gasteiger partial charge on any atom is -0.367 e. The van der Waals surface area contributed by atoms with Crippen molar-refractivity contribution < 1.29 is 13.2 Å². The van der Waals surface area contributed by atoms with Crippen LogP contribution in [0.15, 0.2) is 30.7 Å². The second kappa shape index (κ2) is 9.36. The molecule has 0 atom stereocenters. The van der Waals surface area contributed by atoms with Gasteiger partial charge in [0, 0.05) is 35.9 Å². The van der Waals surface area contributed by atoms with Crippen LogP contribution in [-0.2, 0) is 13.0 Å². The highest BCUT2D eigenvalue weighted by atomic mass is 32.1. The molecule has 5 heterocycles. The number of thiophene rings is 1. The van der Waals surface area contributed by atoms with E-state index in [0.717, 1.165) is 66.0 Å². The van der Waals surface area contributed by atoms with Gasteiger partial charge in [-0.25, -0.2) is 15.0 Å². The fraction of sp³-hybridized carbons (Fsp3) is 0.375. The molecule has 4 aromatic heterocycles. The molecule has 5 rings (SSSR count). The number of aromatic nitrogens is 4. The zero-order valence-corrected chi connectivity index (χ0v) is 19.7. The van der Waals surface area contributed by atoms with Gasteiger partial charge in [-0.05, 0) is 43.5 Å². The summed E-state index contributed by atoms with van der Waals surface area (Å²) in [4.78, 5) is 20.5. The van der Waals surface area contributed by atoms with Gasteiger partial charge in [-0.3, -0.25) is 9.88 Å². The second-order valence-electron chi connectivity index (χ2n) is 8.71. The molecular formula is C24H22F3N7S. The Morgan fingerprint density at radius 2 is 1.97 bits per heavy atom. The molecule has 1 N–H and O–H groups in total. The molecule has 0 saturated carbocycles. The van der Waals surface area contributed by atoms with E-state index in [-0.39, 0.29) is 10.9 Å². The predicted octanol–water partition coefficient (Wildman–Crippen LogP) is 5.00. The van der Waals surface area contributed by atoms with Crippen LogP contribution in [0.4, 0.5) is 19.0 Å². The third kappa shape index (κ3) is 5.18. The van der Waals surface area contributed by atoms with Gasteiger partial charge in [0.2, 0.25) is 0 Å². The molecule has 1 saturated heterocycles. The maximum absolute atomic E-state index is 12.8. The topological polar surface area (TPSA) is 90.6 Å². The van der Waals surface area contributed by atoms with Crippen molar-refractivity contribution in [1.29, 1.82) is 5.26 Å². The van der Waals surface area contributed by atoms with Crippen LogP contribution in [0.3, 0.4) is 0 Å². The van der Waals surface area contributed by atoms with Gasteiger partial charge in [-0.1, -0.05) is 0 Å². The number of rotatable bonds is 5. The first-order chi connectivity index (χ1) is 16.8. The number of pyridine rings is 2. The van der Waals surface area contributed by atoms with Crippen molar-refractivity contribution >= 4 is 38.3 Å². The SMILES string of the molecule is Cc1c(CN2CCC(Nc3ncnc4sc(CC(F)(F)F)cc34)CC2)ncc2nc(C#N)ccc12. The van der Waals surface area contributed by atoms with Gasteiger partial charge < -0.3 is 5.32 Å². The van der Waals surface area contributed by atoms with E-state index in [2.05, 4.69) is 36.2 Å². The van der Waals surface area contributed by atoms with Crippen molar-refractivity contribution in [3.63, 3.8) is 0 Å². The Kier molecular flexibility index (Phi) is 6.25. The molecule has 0 unspecified atom stereocenters. The minimum absolute atomic E-state index is 0.176. The van der Waals surface area contributed by atoms with Crippen molar-refractivity contribution in [2.75, 3.05) is 18.4 Å². The van der Waals surface area contributed by atoms with Crippen LogP contribution in [0, 0.1) is 18.3 Å². The van der Waals surface area contributed by atoms with Gasteiger partial charge >= 0.3 is 6.18 Å². The predicted molar refractivity (Wildman–Crippen MR) is 128 cm³/mol. The number of nitrogens with zero attached hydrogens (tertiary/aromatic N) is 6. The number of nitriles is 1. The third-order valence-electron chi connectivity index (χ3n) is 6.28. The highest BCUT2D eigenvalue weighted by molar-refractivity contribution is 7.18. The van der Waals surface area contributed by atoms with Crippen LogP contribution in [0.2, 0.25) is 0 Å². The quantitative estimate of drug-likeness (QED) is 0.415. The Balaban J connectivity index is 1.23. The Morgan fingerprint density at radius 3 is 2.71 bits per heavy atom. The number of aryl methyl sites for hydroxylation is 1. The summed E-state index contributed by atoms with van der Waals surface area (Å²) in [5.41, 5.74) is 3.15. The van der Waals surface area contributed by atoms with E-state index < -0.39 is 12.6 Å². The summed E-state index contributed by atoms with van der Waals surface area (Å²) in [5, 5.41) is 14.1. The standard InChI is InChI=1S/C24H22F3N7S/c1-14-18-3-2-16(10-28)32-20(18)11-29-21(14)12-34-6-4-15(5-7-34)33-22-19-8-17(9-24(25,26)27)35-23(19)31-13-30-22/h2-3,8,11,13,15H,4-7,9,12H2,1H3,(H,30,31,33). The second-order valence-corrected chi connectivity index (χ2v) is 9.83. The van der Waals surface area contributed by atoms with Gasteiger partial charge in [-0.2, -0.15) is 18.4 Å². The summed E-state index contributed by atoms with van der Waals surface area (Å²) < 4.78 is 38.4. The number of likely N-dealkylation sites (tertiary alicyclic amines) is 1. The monoisotopic (exact) mass is 497 g/mol. The van der Waals surface area contributed by atoms with Crippen LogP contribution in [0.5, 0.6) is 0 Å². The molecule has 4 aromatic rings. The molecule has 1 fully saturated rings. The normalized spacial score (nSPS) is 15.5. The van der Waals surface area contributed by atoms with Crippen molar-refractivity contribution in [2.24, 2.45) is 0 Å². The average Bonchev–Trinajstić information content (AvgIpc) is 3.23. The van der Waals surface area contributed by atoms with E-state index in [9.17, 15) is 13.2 Å². The summed E-state index contributed by atoms with van der Waals surface area (Å²) >= 11 is 1.06. The highest BCUT2D eigenvalue weighted by Gasteiger charge is 2.29. The van der Waals surface area contributed by atoms with E-state index in [0.29, 0.717) is 21.7 Å². The summed E-state index contributed by atoms with van der Waals surface area (Å²) in [6, 6.07) is 7.42. The maximum atomic E-state index is 12.8. The van der Waals surface area contributed by atoms with Crippen molar-refractivity contribution in [3.05, 3.63) is 52.6 Å². The number of piperidine rings is 1. The van der Waals surface area contributed by atoms with Crippen LogP contribution < -0.4 is 5.32 Å². The lowest BCUT2D eigenvalue weighted by molar-refractivity contribution is -0.126. The number of hydrogen-bond acceptors (Lipinski definition) is 8. The van der Waals surface area contributed by atoms with Gasteiger partial charge in [0.25, 0.3) is 0 Å². The number of anilines is 1. The van der Waals surface area contributed by atoms with Gasteiger partial charge in [0.1, 0.15) is 28.7 Å². The van der Waals surface area contributed by atoms with Gasteiger partial charge in [0.05, 0.1) is 29.2 Å². The third-order valence-corrected chi connectivity index (χ3v) is 7.32. The maximum Gasteiger partial charge on any atom is 0.393 e. The summed E-state index contributed by atoms with van der Waals surface area (Å²) in [7, 11) is 0. The van der Waals surface area contributed by atoms with Crippen molar-refractivity contribution in [3.8, 4) is 6.07 Å². The van der Waals surface area contributed by atoms with Crippen LogP contribution in [-0.4, -0.2) is 50.1 Å². The molecule has 11 heteroatoms. The highest BCUT2D eigenvalue weighted by Crippen LogP contribution is 2.33. The zero-order valence-electron chi connectivity index (χ0n) is 18.9. The molecule has 180 valence electrons. The first kappa shape index (κ1) is 23.4. The number of hydrogen-bond donors (Lipinski definition) is 1. The fourth-order valence-corrected chi connectivity index (χ4v) is 5.48. The molecule has 1 aliphatic rings. The lowest BCUT2D eigenvalue weighted by Crippen LogP contribution is -2.39. The first-order valence-electron chi connectivity index (χ1n) is 11.2. The molecule has 0 spiro atoms. The van der Waals surface area contributed by atoms with E-state index >= 15 is 0 Å². The molecule has 0 aliphatic carbocycles. The Morgan fingerprint density at radius 1 is 1.17 bits per heavy atom. The Bertz CT molecular complexity index is 1420. The van der Waals surface area contributed by atoms with Gasteiger partial charge in [-0.15, -0.1) is 11.3 Å². The lowest BCUT2D eigenvalue weighted by Gasteiger charge is -2.32. The molecule has 7 nitrogen and oxygen atoms in total. The minimum atomic E-state index is -4.25. The largest absolute Gasteiger partial charge is 0.393 e. The molecule has 0 radical (unpaired) electrons. The molecule has 0 bridgehead atoms. The van der Waals surface area contributed by atoms with E-state index in [4.69, 9.17) is 5.26 Å². The van der Waals surface area contributed by atoms with E-state index in [1.54, 1.807) is 18.3 Å². The van der Waals surface area contributed by atoms with Crippen molar-refractivity contribution in [2.45, 2.75) is 44.9 Å². The number of halogens is 3. The summed E-state index contributed by atoms with van der Waals surface area (Å²) in [5.74, 6) is 0.592. The first-order valence-corrected chi connectivity index (χ1v) is 12.0. The molecule has 35 heavy (non-hydrogen) atoms.